The molecular formula is C12H20O4Si. The van der Waals surface area contributed by atoms with Crippen LogP contribution in [0.25, 0.3) is 0 Å². The second kappa shape index (κ2) is 10.1. The number of rotatable bonds is 8. The van der Waals surface area contributed by atoms with Gasteiger partial charge >= 0.3 is 21.7 Å². The van der Waals surface area contributed by atoms with E-state index in [1.165, 1.54) is 0 Å². The molecule has 0 saturated heterocycles. The van der Waals surface area contributed by atoms with Crippen molar-refractivity contribution in [2.75, 3.05) is 6.61 Å². The van der Waals surface area contributed by atoms with Crippen LogP contribution in [0.3, 0.4) is 0 Å². The van der Waals surface area contributed by atoms with E-state index in [4.69, 9.17) is 9.16 Å². The van der Waals surface area contributed by atoms with Crippen molar-refractivity contribution in [3.8, 4) is 0 Å². The first-order valence-electron chi connectivity index (χ1n) is 5.87. The topological polar surface area (TPSA) is 52.6 Å². The zero-order valence-electron chi connectivity index (χ0n) is 10.7. The zero-order valence-corrected chi connectivity index (χ0v) is 11.7. The Morgan fingerprint density at radius 1 is 1.18 bits per heavy atom. The van der Waals surface area contributed by atoms with Gasteiger partial charge in [-0.05, 0) is 12.0 Å². The maximum Gasteiger partial charge on any atom is 0.331 e. The summed E-state index contributed by atoms with van der Waals surface area (Å²) in [5.41, 5.74) is 0.313. The Kier molecular flexibility index (Phi) is 9.42. The molecule has 0 unspecified atom stereocenters. The highest BCUT2D eigenvalue weighted by atomic mass is 28.2. The summed E-state index contributed by atoms with van der Waals surface area (Å²) in [5, 5.41) is 0. The molecule has 0 saturated carbocycles. The molecule has 5 heteroatoms. The van der Waals surface area contributed by atoms with Gasteiger partial charge in [0.25, 0.3) is 0 Å². The molecular weight excluding hydrogens is 236 g/mol. The fourth-order valence-electron chi connectivity index (χ4n) is 0.919. The molecule has 96 valence electrons. The van der Waals surface area contributed by atoms with Crippen molar-refractivity contribution in [3.63, 3.8) is 0 Å². The van der Waals surface area contributed by atoms with E-state index < -0.39 is 11.9 Å². The molecule has 0 spiro atoms. The predicted octanol–water partition coefficient (Wildman–Crippen LogP) is 2.27. The lowest BCUT2D eigenvalue weighted by Gasteiger charge is -2.02. The van der Waals surface area contributed by atoms with Gasteiger partial charge in [0.05, 0.1) is 6.61 Å². The maximum atomic E-state index is 11.1. The molecule has 0 rings (SSSR count). The van der Waals surface area contributed by atoms with Crippen LogP contribution in [0.4, 0.5) is 0 Å². The molecule has 0 aromatic carbocycles. The lowest BCUT2D eigenvalue weighted by atomic mass is 10.3. The van der Waals surface area contributed by atoms with Gasteiger partial charge < -0.3 is 9.16 Å². The van der Waals surface area contributed by atoms with Crippen LogP contribution in [0, 0.1) is 0 Å². The second-order valence-electron chi connectivity index (χ2n) is 3.90. The zero-order chi connectivity index (χ0) is 13.1. The van der Waals surface area contributed by atoms with Crippen LogP contribution in [0.2, 0.25) is 5.54 Å². The minimum Gasteiger partial charge on any atom is -0.513 e. The van der Waals surface area contributed by atoms with Gasteiger partial charge in [0.2, 0.25) is 0 Å². The lowest BCUT2D eigenvalue weighted by Crippen LogP contribution is -2.09. The minimum atomic E-state index is -0.498. The molecule has 0 atom stereocenters. The highest BCUT2D eigenvalue weighted by Crippen LogP contribution is 1.98. The number of ether oxygens (including phenoxy) is 1. The number of carbonyl (C=O) groups excluding carboxylic acids is 2. The monoisotopic (exact) mass is 256 g/mol. The van der Waals surface area contributed by atoms with Crippen molar-refractivity contribution in [2.24, 2.45) is 0 Å². The third-order valence-electron chi connectivity index (χ3n) is 1.74. The first-order chi connectivity index (χ1) is 8.06. The Balaban J connectivity index is 3.67. The summed E-state index contributed by atoms with van der Waals surface area (Å²) in [4.78, 5) is 22.3. The van der Waals surface area contributed by atoms with Crippen LogP contribution < -0.4 is 0 Å². The van der Waals surface area contributed by atoms with Crippen molar-refractivity contribution >= 4 is 21.7 Å². The summed E-state index contributed by atoms with van der Waals surface area (Å²) >= 11 is 0. The molecule has 0 aliphatic heterocycles. The Bertz CT molecular complexity index is 261. The molecule has 0 amide bonds. The van der Waals surface area contributed by atoms with E-state index in [0.717, 1.165) is 31.4 Å². The van der Waals surface area contributed by atoms with E-state index >= 15 is 0 Å². The van der Waals surface area contributed by atoms with Crippen molar-refractivity contribution in [1.29, 1.82) is 0 Å². The number of hydrogen-bond donors (Lipinski definition) is 0. The van der Waals surface area contributed by atoms with Gasteiger partial charge in [0.15, 0.2) is 0 Å². The molecule has 0 bridgehead atoms. The highest BCUT2D eigenvalue weighted by Gasteiger charge is 2.04. The molecule has 0 aliphatic carbocycles. The van der Waals surface area contributed by atoms with Gasteiger partial charge in [0, 0.05) is 12.2 Å². The highest BCUT2D eigenvalue weighted by molar-refractivity contribution is 6.32. The summed E-state index contributed by atoms with van der Waals surface area (Å²) in [7, 11) is 0.120. The summed E-state index contributed by atoms with van der Waals surface area (Å²) < 4.78 is 9.78. The first-order valence-corrected chi connectivity index (χ1v) is 6.86. The Labute approximate surface area is 105 Å². The van der Waals surface area contributed by atoms with Crippen LogP contribution in [0.5, 0.6) is 0 Å². The Morgan fingerprint density at radius 3 is 2.41 bits per heavy atom. The number of esters is 1. The van der Waals surface area contributed by atoms with E-state index in [1.54, 1.807) is 0 Å². The van der Waals surface area contributed by atoms with Crippen LogP contribution in [-0.4, -0.2) is 28.3 Å². The SMILES string of the molecule is CCCCCOC(=O)/C=C\C(=O)O[Si]C(C)C. The number of unbranched alkanes of at least 4 members (excludes halogenated alkanes) is 2. The average Bonchev–Trinajstić information content (AvgIpc) is 2.29. The minimum absolute atomic E-state index is 0.120. The fraction of sp³-hybridized carbons (Fsp3) is 0.667. The Morgan fingerprint density at radius 2 is 1.82 bits per heavy atom. The second-order valence-corrected chi connectivity index (χ2v) is 5.50. The smallest absolute Gasteiger partial charge is 0.331 e. The summed E-state index contributed by atoms with van der Waals surface area (Å²) in [6.07, 6.45) is 5.19. The van der Waals surface area contributed by atoms with E-state index in [1.807, 2.05) is 13.8 Å². The van der Waals surface area contributed by atoms with E-state index in [2.05, 4.69) is 6.92 Å². The third-order valence-corrected chi connectivity index (χ3v) is 2.53. The molecule has 0 heterocycles. The van der Waals surface area contributed by atoms with Crippen LogP contribution in [0.15, 0.2) is 12.2 Å². The van der Waals surface area contributed by atoms with E-state index in [9.17, 15) is 9.59 Å². The molecule has 0 N–H and O–H groups in total. The normalized spacial score (nSPS) is 10.8. The summed E-state index contributed by atoms with van der Waals surface area (Å²) in [5.74, 6) is -0.992. The number of hydrogen-bond acceptors (Lipinski definition) is 4. The van der Waals surface area contributed by atoms with Gasteiger partial charge in [-0.25, -0.2) is 9.59 Å². The quantitative estimate of drug-likeness (QED) is 0.289. The van der Waals surface area contributed by atoms with Gasteiger partial charge in [0.1, 0.15) is 0 Å². The first kappa shape index (κ1) is 15.9. The third kappa shape index (κ3) is 11.2. The lowest BCUT2D eigenvalue weighted by molar-refractivity contribution is -0.138. The average molecular weight is 256 g/mol. The van der Waals surface area contributed by atoms with Crippen LogP contribution in [0.1, 0.15) is 40.0 Å². The molecule has 2 radical (unpaired) electrons. The van der Waals surface area contributed by atoms with E-state index in [-0.39, 0.29) is 9.76 Å². The molecule has 0 aliphatic rings. The van der Waals surface area contributed by atoms with Gasteiger partial charge in [-0.3, -0.25) is 0 Å². The van der Waals surface area contributed by atoms with Crippen LogP contribution in [-0.2, 0) is 18.8 Å². The summed E-state index contributed by atoms with van der Waals surface area (Å²) in [6, 6.07) is 0. The molecule has 17 heavy (non-hydrogen) atoms. The van der Waals surface area contributed by atoms with Crippen molar-refractivity contribution in [1.82, 2.24) is 0 Å². The molecule has 0 aromatic heterocycles. The van der Waals surface area contributed by atoms with Crippen molar-refractivity contribution in [3.05, 3.63) is 12.2 Å². The predicted molar refractivity (Wildman–Crippen MR) is 66.6 cm³/mol. The molecule has 0 aromatic rings. The van der Waals surface area contributed by atoms with Gasteiger partial charge in [-0.15, -0.1) is 0 Å². The largest absolute Gasteiger partial charge is 0.513 e. The standard InChI is InChI=1S/C12H20O4Si/c1-4-5-6-9-15-11(13)7-8-12(14)16-17-10(2)3/h7-8,10H,4-6,9H2,1-3H3/b8-7-. The van der Waals surface area contributed by atoms with Crippen molar-refractivity contribution < 1.29 is 18.8 Å². The fourth-order valence-corrected chi connectivity index (χ4v) is 1.34. The molecule has 0 fully saturated rings. The number of carbonyl (C=O) groups is 2. The maximum absolute atomic E-state index is 11.1. The van der Waals surface area contributed by atoms with Crippen molar-refractivity contribution in [2.45, 2.75) is 45.6 Å². The van der Waals surface area contributed by atoms with Gasteiger partial charge in [-0.1, -0.05) is 33.6 Å². The summed E-state index contributed by atoms with van der Waals surface area (Å²) in [6.45, 7) is 6.39. The molecule has 4 nitrogen and oxygen atoms in total. The van der Waals surface area contributed by atoms with Gasteiger partial charge in [-0.2, -0.15) is 0 Å². The Hall–Kier alpha value is -1.10. The van der Waals surface area contributed by atoms with E-state index in [0.29, 0.717) is 12.1 Å². The van der Waals surface area contributed by atoms with Crippen LogP contribution >= 0.6 is 0 Å².